The minimum atomic E-state index is -0.783. The molecule has 0 aliphatic rings. The maximum Gasteiger partial charge on any atom is 0.343 e. The van der Waals surface area contributed by atoms with Gasteiger partial charge in [0.2, 0.25) is 0 Å². The predicted molar refractivity (Wildman–Crippen MR) is 234 cm³/mol. The number of benzene rings is 5. The fourth-order valence-electron chi connectivity index (χ4n) is 6.20. The normalized spacial score (nSPS) is 11.3. The highest BCUT2D eigenvalue weighted by atomic mass is 19.1. The zero-order valence-corrected chi connectivity index (χ0v) is 34.8. The monoisotopic (exact) mass is 834 g/mol. The van der Waals surface area contributed by atoms with Crippen molar-refractivity contribution in [2.45, 2.75) is 90.9 Å². The lowest BCUT2D eigenvalue weighted by Crippen LogP contribution is -2.11. The lowest BCUT2D eigenvalue weighted by Gasteiger charge is -2.09. The van der Waals surface area contributed by atoms with Crippen molar-refractivity contribution < 1.29 is 41.7 Å². The summed E-state index contributed by atoms with van der Waals surface area (Å²) in [5.41, 5.74) is 2.44. The molecule has 0 atom stereocenters. The second-order valence-corrected chi connectivity index (χ2v) is 14.6. The Bertz CT molecular complexity index is 2070. The fourth-order valence-corrected chi connectivity index (χ4v) is 6.20. The molecule has 0 radical (unpaired) electrons. The van der Waals surface area contributed by atoms with Gasteiger partial charge in [0.15, 0.2) is 23.1 Å². The van der Waals surface area contributed by atoms with E-state index in [4.69, 9.17) is 18.9 Å². The first kappa shape index (κ1) is 45.8. The van der Waals surface area contributed by atoms with Crippen molar-refractivity contribution in [2.75, 3.05) is 13.2 Å². The van der Waals surface area contributed by atoms with Gasteiger partial charge in [-0.2, -0.15) is 0 Å². The Kier molecular flexibility index (Phi) is 18.6. The van der Waals surface area contributed by atoms with Crippen LogP contribution in [0.5, 0.6) is 23.0 Å². The summed E-state index contributed by atoms with van der Waals surface area (Å²) in [6, 6.07) is 24.9. The van der Waals surface area contributed by atoms with E-state index in [1.165, 1.54) is 93.4 Å². The molecule has 0 amide bonds. The first-order chi connectivity index (χ1) is 29.7. The second-order valence-electron chi connectivity index (χ2n) is 14.6. The first-order valence-corrected chi connectivity index (χ1v) is 21.1. The van der Waals surface area contributed by atoms with E-state index in [-0.39, 0.29) is 34.1 Å². The Hall–Kier alpha value is -6.23. The van der Waals surface area contributed by atoms with Crippen LogP contribution in [0.4, 0.5) is 24.5 Å². The molecule has 8 nitrogen and oxygen atoms in total. The molecule has 0 aromatic heterocycles. The molecule has 5 rings (SSSR count). The lowest BCUT2D eigenvalue weighted by atomic mass is 10.1. The zero-order valence-electron chi connectivity index (χ0n) is 34.8. The van der Waals surface area contributed by atoms with E-state index in [0.717, 1.165) is 50.7 Å². The van der Waals surface area contributed by atoms with Crippen LogP contribution in [0, 0.1) is 17.5 Å². The highest BCUT2D eigenvalue weighted by Gasteiger charge is 2.15. The molecule has 61 heavy (non-hydrogen) atoms. The standard InChI is InChI=1S/C50H53F3N2O6/c1-3-5-7-9-11-13-27-58-47-25-23-41(31-45(47)52)54-34-36-15-19-38(20-16-36)49(56)60-43-29-40(51)30-44(33-43)61-50(57)39-21-17-37(18-22-39)35-55-42-24-26-48(46(53)32-42)59-28-14-12-10-8-6-4-2/h15-26,29-35H,3-14,27-28H2,1-2H3. The number of rotatable bonds is 24. The fraction of sp³-hybridized carbons (Fsp3) is 0.320. The predicted octanol–water partition coefficient (Wildman–Crippen LogP) is 13.5. The van der Waals surface area contributed by atoms with Crippen LogP contribution in [0.3, 0.4) is 0 Å². The summed E-state index contributed by atoms with van der Waals surface area (Å²) in [6.07, 6.45) is 16.5. The van der Waals surface area contributed by atoms with Crippen LogP contribution in [0.25, 0.3) is 0 Å². The topological polar surface area (TPSA) is 95.8 Å². The number of esters is 2. The van der Waals surface area contributed by atoms with Gasteiger partial charge in [-0.3, -0.25) is 9.98 Å². The van der Waals surface area contributed by atoms with Crippen molar-refractivity contribution in [3.63, 3.8) is 0 Å². The number of hydrogen-bond donors (Lipinski definition) is 0. The van der Waals surface area contributed by atoms with Crippen molar-refractivity contribution in [3.8, 4) is 23.0 Å². The van der Waals surface area contributed by atoms with Gasteiger partial charge in [-0.25, -0.2) is 22.8 Å². The third kappa shape index (κ3) is 15.7. The van der Waals surface area contributed by atoms with Gasteiger partial charge in [0, 0.05) is 42.8 Å². The molecule has 0 fully saturated rings. The van der Waals surface area contributed by atoms with Crippen molar-refractivity contribution in [3.05, 3.63) is 143 Å². The number of hydrogen-bond acceptors (Lipinski definition) is 8. The van der Waals surface area contributed by atoms with Gasteiger partial charge in [0.1, 0.15) is 17.3 Å². The maximum atomic E-state index is 14.6. The molecule has 0 saturated carbocycles. The van der Waals surface area contributed by atoms with Gasteiger partial charge >= 0.3 is 11.9 Å². The molecular weight excluding hydrogens is 782 g/mol. The Balaban J connectivity index is 1.08. The average molecular weight is 835 g/mol. The van der Waals surface area contributed by atoms with Gasteiger partial charge in [-0.05, 0) is 72.5 Å². The zero-order chi connectivity index (χ0) is 43.2. The van der Waals surface area contributed by atoms with Gasteiger partial charge < -0.3 is 18.9 Å². The smallest absolute Gasteiger partial charge is 0.343 e. The van der Waals surface area contributed by atoms with Crippen molar-refractivity contribution >= 4 is 35.7 Å². The number of carbonyl (C=O) groups is 2. The van der Waals surface area contributed by atoms with E-state index in [2.05, 4.69) is 23.8 Å². The van der Waals surface area contributed by atoms with Crippen molar-refractivity contribution in [1.82, 2.24) is 0 Å². The minimum absolute atomic E-state index is 0.166. The summed E-state index contributed by atoms with van der Waals surface area (Å²) in [7, 11) is 0. The van der Waals surface area contributed by atoms with Gasteiger partial charge in [0.25, 0.3) is 0 Å². The molecule has 0 N–H and O–H groups in total. The minimum Gasteiger partial charge on any atom is -0.491 e. The van der Waals surface area contributed by atoms with E-state index in [9.17, 15) is 22.8 Å². The first-order valence-electron chi connectivity index (χ1n) is 21.1. The summed E-state index contributed by atoms with van der Waals surface area (Å²) in [5, 5.41) is 0. The van der Waals surface area contributed by atoms with E-state index in [0.29, 0.717) is 35.7 Å². The third-order valence-electron chi connectivity index (χ3n) is 9.63. The Morgan fingerprint density at radius 3 is 1.28 bits per heavy atom. The van der Waals surface area contributed by atoms with Crippen LogP contribution in [0.15, 0.2) is 113 Å². The van der Waals surface area contributed by atoms with E-state index < -0.39 is 29.4 Å². The summed E-state index contributed by atoms with van der Waals surface area (Å²) in [5.74, 6) is -3.25. The molecule has 5 aromatic carbocycles. The van der Waals surface area contributed by atoms with Crippen LogP contribution >= 0.6 is 0 Å². The van der Waals surface area contributed by atoms with Crippen LogP contribution in [-0.4, -0.2) is 37.6 Å². The molecule has 0 unspecified atom stereocenters. The number of aliphatic imine (C=N–C) groups is 2. The summed E-state index contributed by atoms with van der Waals surface area (Å²) < 4.78 is 65.7. The number of nitrogens with zero attached hydrogens (tertiary/aromatic N) is 2. The Morgan fingerprint density at radius 2 is 0.885 bits per heavy atom. The maximum absolute atomic E-state index is 14.6. The highest BCUT2D eigenvalue weighted by molar-refractivity contribution is 5.93. The molecule has 5 aromatic rings. The van der Waals surface area contributed by atoms with Crippen LogP contribution < -0.4 is 18.9 Å². The molecule has 0 aliphatic carbocycles. The number of unbranched alkanes of at least 4 members (excludes halogenated alkanes) is 10. The van der Waals surface area contributed by atoms with Crippen LogP contribution in [0.2, 0.25) is 0 Å². The Labute approximate surface area is 356 Å². The SMILES string of the molecule is CCCCCCCCOc1ccc(N=Cc2ccc(C(=O)Oc3cc(F)cc(OC(=O)c4ccc(C=Nc5ccc(OCCCCCCCC)c(F)c5)cc4)c3)cc2)cc1F. The van der Waals surface area contributed by atoms with E-state index >= 15 is 0 Å². The molecule has 0 heterocycles. The largest absolute Gasteiger partial charge is 0.491 e. The quantitative estimate of drug-likeness (QED) is 0.0266. The van der Waals surface area contributed by atoms with E-state index in [1.807, 2.05) is 0 Å². The highest BCUT2D eigenvalue weighted by Crippen LogP contribution is 2.27. The van der Waals surface area contributed by atoms with Crippen LogP contribution in [-0.2, 0) is 0 Å². The lowest BCUT2D eigenvalue weighted by molar-refractivity contribution is 0.0732. The molecule has 0 spiro atoms. The summed E-state index contributed by atoms with van der Waals surface area (Å²) in [4.78, 5) is 34.5. The summed E-state index contributed by atoms with van der Waals surface area (Å²) in [6.45, 7) is 5.27. The average Bonchev–Trinajstić information content (AvgIpc) is 3.25. The molecule has 0 aliphatic heterocycles. The van der Waals surface area contributed by atoms with Gasteiger partial charge in [-0.1, -0.05) is 102 Å². The third-order valence-corrected chi connectivity index (χ3v) is 9.63. The van der Waals surface area contributed by atoms with Crippen LogP contribution in [0.1, 0.15) is 123 Å². The number of halogens is 3. The van der Waals surface area contributed by atoms with Crippen molar-refractivity contribution in [2.24, 2.45) is 9.98 Å². The van der Waals surface area contributed by atoms with Crippen molar-refractivity contribution in [1.29, 1.82) is 0 Å². The molecule has 0 saturated heterocycles. The van der Waals surface area contributed by atoms with E-state index in [1.54, 1.807) is 48.5 Å². The number of carbonyl (C=O) groups excluding carboxylic acids is 2. The second kappa shape index (κ2) is 24.8. The molecule has 0 bridgehead atoms. The van der Waals surface area contributed by atoms with Gasteiger partial charge in [0.05, 0.1) is 35.7 Å². The summed E-state index contributed by atoms with van der Waals surface area (Å²) >= 11 is 0. The molecule has 320 valence electrons. The number of ether oxygens (including phenoxy) is 4. The molecule has 11 heteroatoms. The van der Waals surface area contributed by atoms with Gasteiger partial charge in [-0.15, -0.1) is 0 Å². The Morgan fingerprint density at radius 1 is 0.492 bits per heavy atom. The molecular formula is C50H53F3N2O6.